The summed E-state index contributed by atoms with van der Waals surface area (Å²) < 4.78 is 2.20. The van der Waals surface area contributed by atoms with E-state index in [0.29, 0.717) is 6.04 Å². The molecule has 2 nitrogen and oxygen atoms in total. The highest BCUT2D eigenvalue weighted by Gasteiger charge is 2.29. The van der Waals surface area contributed by atoms with Crippen LogP contribution in [-0.4, -0.2) is 15.5 Å². The van der Waals surface area contributed by atoms with Gasteiger partial charge in [0.1, 0.15) is 0 Å². The molecule has 1 atom stereocenters. The van der Waals surface area contributed by atoms with Crippen molar-refractivity contribution in [2.24, 2.45) is 0 Å². The van der Waals surface area contributed by atoms with Gasteiger partial charge in [0, 0.05) is 42.8 Å². The van der Waals surface area contributed by atoms with Crippen molar-refractivity contribution in [1.29, 1.82) is 0 Å². The zero-order valence-corrected chi connectivity index (χ0v) is 11.4. The van der Waals surface area contributed by atoms with Crippen LogP contribution < -0.4 is 0 Å². The number of nitrogens with zero attached hydrogens (tertiary/aromatic N) is 2. The molecule has 0 radical (unpaired) electrons. The van der Waals surface area contributed by atoms with Gasteiger partial charge in [-0.25, -0.2) is 0 Å². The smallest absolute Gasteiger partial charge is 0.0452 e. The van der Waals surface area contributed by atoms with Gasteiger partial charge in [0.05, 0.1) is 0 Å². The standard InChI is InChI=1S/C16H22N2/c1-5-15(12-17-9-7-8-10-17)16(6-2)18-13(3)11-14(18)4/h6-10,14H,2-3,5,11-12H2,1,4H3/b16-15+. The second-order valence-electron chi connectivity index (χ2n) is 4.89. The fraction of sp³-hybridized carbons (Fsp3) is 0.375. The first-order chi connectivity index (χ1) is 8.67. The molecule has 18 heavy (non-hydrogen) atoms. The maximum atomic E-state index is 4.11. The largest absolute Gasteiger partial charge is 0.350 e. The third-order valence-corrected chi connectivity index (χ3v) is 3.59. The highest BCUT2D eigenvalue weighted by atomic mass is 15.2. The molecule has 1 fully saturated rings. The molecule has 0 N–H and O–H groups in total. The summed E-state index contributed by atoms with van der Waals surface area (Å²) in [6.07, 6.45) is 8.31. The van der Waals surface area contributed by atoms with Crippen molar-refractivity contribution in [3.05, 3.63) is 60.7 Å². The lowest BCUT2D eigenvalue weighted by molar-refractivity contribution is 0.230. The Morgan fingerprint density at radius 1 is 1.44 bits per heavy atom. The van der Waals surface area contributed by atoms with Gasteiger partial charge in [0.2, 0.25) is 0 Å². The second kappa shape index (κ2) is 5.30. The van der Waals surface area contributed by atoms with Crippen LogP contribution in [-0.2, 0) is 6.54 Å². The van der Waals surface area contributed by atoms with E-state index in [1.807, 2.05) is 6.08 Å². The third kappa shape index (κ3) is 2.28. The Labute approximate surface area is 110 Å². The molecule has 1 aliphatic rings. The Balaban J connectivity index is 2.27. The average Bonchev–Trinajstić information content (AvgIpc) is 2.86. The fourth-order valence-corrected chi connectivity index (χ4v) is 2.62. The first-order valence-corrected chi connectivity index (χ1v) is 6.59. The minimum atomic E-state index is 0.553. The van der Waals surface area contributed by atoms with Gasteiger partial charge in [-0.15, -0.1) is 0 Å². The molecule has 0 amide bonds. The van der Waals surface area contributed by atoms with E-state index in [1.54, 1.807) is 0 Å². The summed E-state index contributed by atoms with van der Waals surface area (Å²) in [5.74, 6) is 0. The zero-order chi connectivity index (χ0) is 13.1. The van der Waals surface area contributed by atoms with Crippen molar-refractivity contribution >= 4 is 0 Å². The van der Waals surface area contributed by atoms with Gasteiger partial charge in [-0.3, -0.25) is 0 Å². The summed E-state index contributed by atoms with van der Waals surface area (Å²) in [6.45, 7) is 13.5. The summed E-state index contributed by atoms with van der Waals surface area (Å²) in [7, 11) is 0. The molecular formula is C16H22N2. The van der Waals surface area contributed by atoms with Crippen LogP contribution in [0.15, 0.2) is 60.7 Å². The number of rotatable bonds is 5. The first-order valence-electron chi connectivity index (χ1n) is 6.59. The molecule has 1 unspecified atom stereocenters. The number of hydrogen-bond acceptors (Lipinski definition) is 1. The predicted molar refractivity (Wildman–Crippen MR) is 77.0 cm³/mol. The lowest BCUT2D eigenvalue weighted by Gasteiger charge is -2.44. The van der Waals surface area contributed by atoms with E-state index >= 15 is 0 Å². The van der Waals surface area contributed by atoms with E-state index in [4.69, 9.17) is 0 Å². The highest BCUT2D eigenvalue weighted by Crippen LogP contribution is 2.34. The van der Waals surface area contributed by atoms with Crippen molar-refractivity contribution in [2.75, 3.05) is 0 Å². The number of allylic oxidation sites excluding steroid dienone is 2. The summed E-state index contributed by atoms with van der Waals surface area (Å²) in [6, 6.07) is 4.68. The summed E-state index contributed by atoms with van der Waals surface area (Å²) in [4.78, 5) is 2.31. The van der Waals surface area contributed by atoms with Crippen LogP contribution >= 0.6 is 0 Å². The monoisotopic (exact) mass is 242 g/mol. The van der Waals surface area contributed by atoms with Gasteiger partial charge in [-0.2, -0.15) is 0 Å². The van der Waals surface area contributed by atoms with E-state index in [1.165, 1.54) is 17.0 Å². The number of hydrogen-bond donors (Lipinski definition) is 0. The predicted octanol–water partition coefficient (Wildman–Crippen LogP) is 3.95. The first kappa shape index (κ1) is 12.7. The van der Waals surface area contributed by atoms with Crippen LogP contribution in [0.4, 0.5) is 0 Å². The Hall–Kier alpha value is -1.70. The molecule has 1 aromatic heterocycles. The topological polar surface area (TPSA) is 8.17 Å². The van der Waals surface area contributed by atoms with Gasteiger partial charge in [0.15, 0.2) is 0 Å². The molecule has 0 spiro atoms. The highest BCUT2D eigenvalue weighted by molar-refractivity contribution is 5.32. The normalized spacial score (nSPS) is 20.4. The Morgan fingerprint density at radius 2 is 2.11 bits per heavy atom. The van der Waals surface area contributed by atoms with Crippen molar-refractivity contribution < 1.29 is 0 Å². The molecular weight excluding hydrogens is 220 g/mol. The summed E-state index contributed by atoms with van der Waals surface area (Å²) >= 11 is 0. The van der Waals surface area contributed by atoms with Crippen molar-refractivity contribution in [1.82, 2.24) is 9.47 Å². The molecule has 1 saturated heterocycles. The van der Waals surface area contributed by atoms with E-state index in [0.717, 1.165) is 19.4 Å². The van der Waals surface area contributed by atoms with E-state index in [9.17, 15) is 0 Å². The number of aromatic nitrogens is 1. The summed E-state index contributed by atoms with van der Waals surface area (Å²) in [5.41, 5.74) is 3.86. The molecule has 0 aromatic carbocycles. The van der Waals surface area contributed by atoms with Crippen LogP contribution in [0.1, 0.15) is 26.7 Å². The molecule has 2 heteroatoms. The summed E-state index contributed by atoms with van der Waals surface area (Å²) in [5, 5.41) is 0. The van der Waals surface area contributed by atoms with Crippen molar-refractivity contribution in [3.8, 4) is 0 Å². The van der Waals surface area contributed by atoms with Crippen LogP contribution in [0, 0.1) is 0 Å². The van der Waals surface area contributed by atoms with Crippen molar-refractivity contribution in [2.45, 2.75) is 39.3 Å². The van der Waals surface area contributed by atoms with Gasteiger partial charge >= 0.3 is 0 Å². The van der Waals surface area contributed by atoms with E-state index in [2.05, 4.69) is 61.0 Å². The molecule has 1 aliphatic heterocycles. The molecule has 0 aliphatic carbocycles. The van der Waals surface area contributed by atoms with E-state index < -0.39 is 0 Å². The van der Waals surface area contributed by atoms with Crippen LogP contribution in [0.3, 0.4) is 0 Å². The molecule has 0 saturated carbocycles. The quantitative estimate of drug-likeness (QED) is 0.710. The third-order valence-electron chi connectivity index (χ3n) is 3.59. The minimum Gasteiger partial charge on any atom is -0.350 e. The van der Waals surface area contributed by atoms with Crippen LogP contribution in [0.25, 0.3) is 0 Å². The molecule has 1 aromatic rings. The Kier molecular flexibility index (Phi) is 3.75. The van der Waals surface area contributed by atoms with E-state index in [-0.39, 0.29) is 0 Å². The van der Waals surface area contributed by atoms with Crippen LogP contribution in [0.5, 0.6) is 0 Å². The zero-order valence-electron chi connectivity index (χ0n) is 11.4. The fourth-order valence-electron chi connectivity index (χ4n) is 2.62. The van der Waals surface area contributed by atoms with Gasteiger partial charge < -0.3 is 9.47 Å². The SMILES string of the molecule is C=C/C(=C(/CC)Cn1cccc1)N1C(=C)CC1C. The Morgan fingerprint density at radius 3 is 2.56 bits per heavy atom. The maximum Gasteiger partial charge on any atom is 0.0452 e. The van der Waals surface area contributed by atoms with Gasteiger partial charge in [-0.1, -0.05) is 20.1 Å². The maximum absolute atomic E-state index is 4.11. The number of likely N-dealkylation sites (tertiary alicyclic amines) is 1. The lowest BCUT2D eigenvalue weighted by atomic mass is 9.97. The average molecular weight is 242 g/mol. The van der Waals surface area contributed by atoms with Gasteiger partial charge in [-0.05, 0) is 37.1 Å². The molecule has 96 valence electrons. The Bertz CT molecular complexity index is 465. The minimum absolute atomic E-state index is 0.553. The van der Waals surface area contributed by atoms with Gasteiger partial charge in [0.25, 0.3) is 0 Å². The molecule has 2 heterocycles. The second-order valence-corrected chi connectivity index (χ2v) is 4.89. The molecule has 2 rings (SSSR count). The lowest BCUT2D eigenvalue weighted by Crippen LogP contribution is -2.42. The molecule has 0 bridgehead atoms. The van der Waals surface area contributed by atoms with Crippen molar-refractivity contribution in [3.63, 3.8) is 0 Å². The van der Waals surface area contributed by atoms with Crippen LogP contribution in [0.2, 0.25) is 0 Å².